The molecule has 3 nitrogen and oxygen atoms in total. The number of hydrogen-bond acceptors (Lipinski definition) is 4. The lowest BCUT2D eigenvalue weighted by Crippen LogP contribution is -1.77. The molecule has 0 aliphatic carbocycles. The van der Waals surface area contributed by atoms with E-state index in [1.165, 1.54) is 11.3 Å². The summed E-state index contributed by atoms with van der Waals surface area (Å²) in [5, 5.41) is 12.0. The van der Waals surface area contributed by atoms with Crippen LogP contribution < -0.4 is 0 Å². The van der Waals surface area contributed by atoms with E-state index in [0.717, 1.165) is 26.2 Å². The number of rotatable bonds is 2. The minimum Gasteiger partial charge on any atom is -0.389 e. The summed E-state index contributed by atoms with van der Waals surface area (Å²) >= 11 is 1.52. The van der Waals surface area contributed by atoms with Gasteiger partial charge < -0.3 is 5.11 Å². The predicted molar refractivity (Wildman–Crippen MR) is 68.8 cm³/mol. The molecule has 0 fully saturated rings. The molecule has 17 heavy (non-hydrogen) atoms. The fourth-order valence-corrected chi connectivity index (χ4v) is 2.53. The van der Waals surface area contributed by atoms with Crippen LogP contribution in [0.2, 0.25) is 0 Å². The third-order valence-electron chi connectivity index (χ3n) is 2.61. The number of pyridine rings is 1. The van der Waals surface area contributed by atoms with Crippen molar-refractivity contribution in [2.75, 3.05) is 0 Å². The van der Waals surface area contributed by atoms with Gasteiger partial charge in [-0.3, -0.25) is 4.98 Å². The average Bonchev–Trinajstić information content (AvgIpc) is 2.87. The molecule has 1 N–H and O–H groups in total. The number of nitrogens with zero attached hydrogens (tertiary/aromatic N) is 2. The van der Waals surface area contributed by atoms with E-state index in [9.17, 15) is 0 Å². The quantitative estimate of drug-likeness (QED) is 0.751. The Hall–Kier alpha value is -1.78. The highest BCUT2D eigenvalue weighted by Gasteiger charge is 2.04. The van der Waals surface area contributed by atoms with E-state index in [1.807, 2.05) is 12.3 Å². The highest BCUT2D eigenvalue weighted by atomic mass is 32.1. The monoisotopic (exact) mass is 242 g/mol. The van der Waals surface area contributed by atoms with Crippen molar-refractivity contribution in [1.82, 2.24) is 9.97 Å². The van der Waals surface area contributed by atoms with Crippen molar-refractivity contribution in [3.05, 3.63) is 47.9 Å². The zero-order chi connectivity index (χ0) is 11.7. The first-order valence-electron chi connectivity index (χ1n) is 5.26. The van der Waals surface area contributed by atoms with E-state index in [4.69, 9.17) is 5.11 Å². The Morgan fingerprint density at radius 2 is 2.06 bits per heavy atom. The van der Waals surface area contributed by atoms with Gasteiger partial charge in [-0.2, -0.15) is 0 Å². The third kappa shape index (κ3) is 1.92. The third-order valence-corrected chi connectivity index (χ3v) is 3.65. The number of fused-ring (bicyclic) bond motifs is 1. The van der Waals surface area contributed by atoms with Crippen LogP contribution in [0, 0.1) is 0 Å². The van der Waals surface area contributed by atoms with Crippen molar-refractivity contribution in [2.24, 2.45) is 0 Å². The maximum Gasteiger partial charge on any atom is 0.119 e. The number of aliphatic hydroxyl groups is 1. The summed E-state index contributed by atoms with van der Waals surface area (Å²) in [5.74, 6) is 0. The van der Waals surface area contributed by atoms with E-state index in [1.54, 1.807) is 12.4 Å². The van der Waals surface area contributed by atoms with Gasteiger partial charge in [0.25, 0.3) is 0 Å². The first-order chi connectivity index (χ1) is 8.36. The lowest BCUT2D eigenvalue weighted by atomic mass is 10.1. The average molecular weight is 242 g/mol. The van der Waals surface area contributed by atoms with Gasteiger partial charge in [0, 0.05) is 24.0 Å². The van der Waals surface area contributed by atoms with Crippen molar-refractivity contribution >= 4 is 22.1 Å². The molecule has 2 heterocycles. The van der Waals surface area contributed by atoms with Crippen LogP contribution in [0.1, 0.15) is 5.01 Å². The Morgan fingerprint density at radius 3 is 2.88 bits per heavy atom. The van der Waals surface area contributed by atoms with Crippen molar-refractivity contribution in [2.45, 2.75) is 6.61 Å². The van der Waals surface area contributed by atoms with Crippen LogP contribution >= 0.6 is 11.3 Å². The zero-order valence-corrected chi connectivity index (χ0v) is 9.81. The first kappa shape index (κ1) is 10.4. The summed E-state index contributed by atoms with van der Waals surface area (Å²) in [6.07, 6.45) is 5.45. The lowest BCUT2D eigenvalue weighted by molar-refractivity contribution is 0.281. The number of hydrogen-bond donors (Lipinski definition) is 1. The molecule has 0 aliphatic rings. The minimum absolute atomic E-state index is 0.00215. The normalized spacial score (nSPS) is 10.9. The lowest BCUT2D eigenvalue weighted by Gasteiger charge is -2.00. The van der Waals surface area contributed by atoms with Crippen LogP contribution in [-0.4, -0.2) is 15.1 Å². The molecule has 0 bridgehead atoms. The second-order valence-electron chi connectivity index (χ2n) is 3.71. The first-order valence-corrected chi connectivity index (χ1v) is 6.08. The molecule has 0 amide bonds. The summed E-state index contributed by atoms with van der Waals surface area (Å²) in [7, 11) is 0. The number of aliphatic hydroxyl groups excluding tert-OH is 1. The molecule has 0 radical (unpaired) electrons. The molecule has 0 atom stereocenters. The minimum atomic E-state index is 0.00215. The summed E-state index contributed by atoms with van der Waals surface area (Å²) in [6.45, 7) is 0.00215. The Labute approximate surface area is 102 Å². The topological polar surface area (TPSA) is 46.0 Å². The van der Waals surface area contributed by atoms with Gasteiger partial charge in [0.1, 0.15) is 5.01 Å². The Morgan fingerprint density at radius 1 is 1.12 bits per heavy atom. The SMILES string of the molecule is OCc1ncc(-c2ccc3cnccc3c2)s1. The molecular formula is C13H10N2OS. The molecule has 0 saturated carbocycles. The molecule has 84 valence electrons. The molecule has 0 spiro atoms. The molecule has 4 heteroatoms. The fraction of sp³-hybridized carbons (Fsp3) is 0.0769. The molecule has 1 aromatic carbocycles. The van der Waals surface area contributed by atoms with E-state index >= 15 is 0 Å². The second kappa shape index (κ2) is 4.24. The molecule has 2 aromatic heterocycles. The van der Waals surface area contributed by atoms with Crippen LogP contribution in [-0.2, 0) is 6.61 Å². The maximum absolute atomic E-state index is 9.01. The number of thiazole rings is 1. The summed E-state index contributed by atoms with van der Waals surface area (Å²) in [5.41, 5.74) is 1.13. The van der Waals surface area contributed by atoms with Gasteiger partial charge in [-0.1, -0.05) is 12.1 Å². The van der Waals surface area contributed by atoms with E-state index in [-0.39, 0.29) is 6.61 Å². The van der Waals surface area contributed by atoms with E-state index < -0.39 is 0 Å². The summed E-state index contributed by atoms with van der Waals surface area (Å²) < 4.78 is 0. The molecule has 0 aliphatic heterocycles. The highest BCUT2D eigenvalue weighted by Crippen LogP contribution is 2.28. The number of benzene rings is 1. The molecule has 0 unspecified atom stereocenters. The van der Waals surface area contributed by atoms with E-state index in [0.29, 0.717) is 0 Å². The fourth-order valence-electron chi connectivity index (χ4n) is 1.75. The Kier molecular flexibility index (Phi) is 2.59. The standard InChI is InChI=1S/C13H10N2OS/c16-8-13-15-7-12(17-13)10-1-2-11-6-14-4-3-9(11)5-10/h1-7,16H,8H2. The van der Waals surface area contributed by atoms with Crippen molar-refractivity contribution in [3.63, 3.8) is 0 Å². The van der Waals surface area contributed by atoms with Crippen LogP contribution in [0.25, 0.3) is 21.2 Å². The van der Waals surface area contributed by atoms with Gasteiger partial charge >= 0.3 is 0 Å². The van der Waals surface area contributed by atoms with Gasteiger partial charge in [-0.05, 0) is 23.1 Å². The molecular weight excluding hydrogens is 232 g/mol. The van der Waals surface area contributed by atoms with Crippen LogP contribution in [0.3, 0.4) is 0 Å². The van der Waals surface area contributed by atoms with Crippen molar-refractivity contribution in [1.29, 1.82) is 0 Å². The van der Waals surface area contributed by atoms with Crippen molar-refractivity contribution in [3.8, 4) is 10.4 Å². The van der Waals surface area contributed by atoms with E-state index in [2.05, 4.69) is 28.2 Å². The molecule has 0 saturated heterocycles. The van der Waals surface area contributed by atoms with Crippen LogP contribution in [0.15, 0.2) is 42.9 Å². The van der Waals surface area contributed by atoms with Crippen molar-refractivity contribution < 1.29 is 5.11 Å². The van der Waals surface area contributed by atoms with Gasteiger partial charge in [0.2, 0.25) is 0 Å². The predicted octanol–water partition coefficient (Wildman–Crippen LogP) is 2.85. The highest BCUT2D eigenvalue weighted by molar-refractivity contribution is 7.15. The summed E-state index contributed by atoms with van der Waals surface area (Å²) in [6, 6.07) is 8.22. The van der Waals surface area contributed by atoms with Gasteiger partial charge in [0.15, 0.2) is 0 Å². The zero-order valence-electron chi connectivity index (χ0n) is 9.00. The van der Waals surface area contributed by atoms with Gasteiger partial charge in [-0.15, -0.1) is 11.3 Å². The second-order valence-corrected chi connectivity index (χ2v) is 4.83. The Bertz CT molecular complexity index is 663. The number of aromatic nitrogens is 2. The largest absolute Gasteiger partial charge is 0.389 e. The van der Waals surface area contributed by atoms with Crippen LogP contribution in [0.5, 0.6) is 0 Å². The Balaban J connectivity index is 2.11. The van der Waals surface area contributed by atoms with Gasteiger partial charge in [0.05, 0.1) is 11.5 Å². The smallest absolute Gasteiger partial charge is 0.119 e. The van der Waals surface area contributed by atoms with Gasteiger partial charge in [-0.25, -0.2) is 4.98 Å². The van der Waals surface area contributed by atoms with Crippen LogP contribution in [0.4, 0.5) is 0 Å². The molecule has 3 rings (SSSR count). The maximum atomic E-state index is 9.01. The summed E-state index contributed by atoms with van der Waals surface area (Å²) in [4.78, 5) is 9.31. The molecule has 3 aromatic rings.